The minimum Gasteiger partial charge on any atom is -0.494 e. The second kappa shape index (κ2) is 10.4. The summed E-state index contributed by atoms with van der Waals surface area (Å²) in [6, 6.07) is 6.96. The van der Waals surface area contributed by atoms with Crippen molar-refractivity contribution in [1.82, 2.24) is 5.32 Å². The lowest BCUT2D eigenvalue weighted by molar-refractivity contribution is -0.196. The van der Waals surface area contributed by atoms with Crippen LogP contribution < -0.4 is 24.4 Å². The fourth-order valence-corrected chi connectivity index (χ4v) is 5.44. The van der Waals surface area contributed by atoms with Gasteiger partial charge in [0, 0.05) is 18.7 Å². The predicted octanol–water partition coefficient (Wildman–Crippen LogP) is 3.82. The molecule has 0 saturated heterocycles. The number of nitrogens with one attached hydrogen (secondary N) is 2. The van der Waals surface area contributed by atoms with E-state index in [1.165, 1.54) is 32.2 Å². The average molecular weight is 576 g/mol. The van der Waals surface area contributed by atoms with Gasteiger partial charge in [-0.15, -0.1) is 0 Å². The summed E-state index contributed by atoms with van der Waals surface area (Å²) in [4.78, 5) is 23.3. The van der Waals surface area contributed by atoms with Gasteiger partial charge in [-0.25, -0.2) is 17.6 Å². The Balaban J connectivity index is 1.61. The molecule has 0 aromatic heterocycles. The third-order valence-corrected chi connectivity index (χ3v) is 8.14. The number of benzene rings is 2. The Morgan fingerprint density at radius 2 is 1.90 bits per heavy atom. The van der Waals surface area contributed by atoms with Gasteiger partial charge in [-0.2, -0.15) is 13.2 Å². The zero-order valence-corrected chi connectivity index (χ0v) is 21.6. The molecule has 1 aliphatic heterocycles. The number of nitrogens with zero attached hydrogens (tertiary/aromatic N) is 1. The van der Waals surface area contributed by atoms with Gasteiger partial charge >= 0.3 is 12.3 Å². The van der Waals surface area contributed by atoms with E-state index in [1.54, 1.807) is 0 Å². The number of amides is 2. The van der Waals surface area contributed by atoms with Gasteiger partial charge in [0.1, 0.15) is 23.9 Å². The molecule has 15 heteroatoms. The van der Waals surface area contributed by atoms with E-state index in [-0.39, 0.29) is 59.6 Å². The monoisotopic (exact) mass is 575 g/mol. The lowest BCUT2D eigenvalue weighted by Crippen LogP contribution is -2.48. The number of hydrogen-bond donors (Lipinski definition) is 2. The predicted molar refractivity (Wildman–Crippen MR) is 130 cm³/mol. The number of rotatable bonds is 8. The number of methoxy groups -OCH3 is 1. The van der Waals surface area contributed by atoms with Gasteiger partial charge in [-0.3, -0.25) is 14.4 Å². The van der Waals surface area contributed by atoms with Crippen LogP contribution in [0, 0.1) is 11.2 Å². The largest absolute Gasteiger partial charge is 0.494 e. The first-order valence-corrected chi connectivity index (χ1v) is 13.1. The number of ether oxygens (including phenoxy) is 3. The molecule has 212 valence electrons. The van der Waals surface area contributed by atoms with Crippen LogP contribution in [-0.4, -0.2) is 59.5 Å². The van der Waals surface area contributed by atoms with Crippen LogP contribution in [0.5, 0.6) is 11.5 Å². The maximum absolute atomic E-state index is 13.9. The Labute approximate surface area is 221 Å². The molecule has 0 bridgehead atoms. The fourth-order valence-electron chi connectivity index (χ4n) is 3.93. The van der Waals surface area contributed by atoms with Gasteiger partial charge in [0.05, 0.1) is 30.8 Å². The van der Waals surface area contributed by atoms with Crippen LogP contribution in [0.15, 0.2) is 41.3 Å². The topological polar surface area (TPSA) is 123 Å². The molecule has 10 nitrogen and oxygen atoms in total. The molecule has 0 spiro atoms. The van der Waals surface area contributed by atoms with E-state index in [4.69, 9.17) is 14.2 Å². The van der Waals surface area contributed by atoms with Crippen molar-refractivity contribution in [1.29, 1.82) is 0 Å². The van der Waals surface area contributed by atoms with Crippen LogP contribution >= 0.6 is 0 Å². The summed E-state index contributed by atoms with van der Waals surface area (Å²) >= 11 is 0. The Hall–Kier alpha value is -3.75. The Bertz CT molecular complexity index is 1380. The van der Waals surface area contributed by atoms with Gasteiger partial charge < -0.3 is 19.5 Å². The van der Waals surface area contributed by atoms with Crippen molar-refractivity contribution < 1.29 is 49.8 Å². The third kappa shape index (κ3) is 5.97. The quantitative estimate of drug-likeness (QED) is 0.459. The van der Waals surface area contributed by atoms with E-state index in [2.05, 4.69) is 10.6 Å². The van der Waals surface area contributed by atoms with E-state index in [0.717, 1.165) is 22.5 Å². The summed E-state index contributed by atoms with van der Waals surface area (Å²) in [5, 5.41) is 4.85. The smallest absolute Gasteiger partial charge is 0.411 e. The lowest BCUT2D eigenvalue weighted by atomic mass is 10.1. The molecule has 4 rings (SSSR count). The number of carbonyl (C=O) groups is 2. The van der Waals surface area contributed by atoms with Crippen molar-refractivity contribution in [2.24, 2.45) is 5.41 Å². The van der Waals surface area contributed by atoms with Crippen molar-refractivity contribution in [2.75, 3.05) is 36.4 Å². The average Bonchev–Trinajstić information content (AvgIpc) is 3.67. The molecule has 39 heavy (non-hydrogen) atoms. The van der Waals surface area contributed by atoms with Gasteiger partial charge in [-0.1, -0.05) is 0 Å². The molecular weight excluding hydrogens is 550 g/mol. The number of fused-ring (bicyclic) bond motifs is 1. The zero-order chi connectivity index (χ0) is 28.6. The Morgan fingerprint density at radius 3 is 2.51 bits per heavy atom. The van der Waals surface area contributed by atoms with Crippen LogP contribution in [0.3, 0.4) is 0 Å². The molecule has 0 radical (unpaired) electrons. The van der Waals surface area contributed by atoms with E-state index >= 15 is 0 Å². The highest BCUT2D eigenvalue weighted by atomic mass is 32.2. The minimum atomic E-state index is -4.50. The highest BCUT2D eigenvalue weighted by Crippen LogP contribution is 2.57. The van der Waals surface area contributed by atoms with E-state index in [1.807, 2.05) is 0 Å². The summed E-state index contributed by atoms with van der Waals surface area (Å²) in [5.74, 6) is -1.35. The zero-order valence-electron chi connectivity index (χ0n) is 20.8. The van der Waals surface area contributed by atoms with E-state index in [9.17, 15) is 35.6 Å². The van der Waals surface area contributed by atoms with Crippen molar-refractivity contribution in [3.05, 3.63) is 42.2 Å². The molecule has 2 N–H and O–H groups in total. The number of anilines is 2. The molecule has 2 amide bonds. The van der Waals surface area contributed by atoms with Crippen LogP contribution in [0.1, 0.15) is 19.8 Å². The first-order chi connectivity index (χ1) is 18.3. The minimum absolute atomic E-state index is 0.0101. The first-order valence-electron chi connectivity index (χ1n) is 11.7. The second-order valence-corrected chi connectivity index (χ2v) is 11.0. The molecular formula is C24H25F4N3O7S. The second-order valence-electron chi connectivity index (χ2n) is 9.17. The molecule has 2 aliphatic rings. The molecule has 1 fully saturated rings. The summed E-state index contributed by atoms with van der Waals surface area (Å²) in [6.45, 7) is 0.152. The van der Waals surface area contributed by atoms with Gasteiger partial charge in [0.15, 0.2) is 11.6 Å². The number of alkyl halides is 3. The Morgan fingerprint density at radius 1 is 1.18 bits per heavy atom. The summed E-state index contributed by atoms with van der Waals surface area (Å²) in [6.07, 6.45) is -6.73. The van der Waals surface area contributed by atoms with Crippen molar-refractivity contribution in [2.45, 2.75) is 36.9 Å². The molecule has 2 aromatic carbocycles. The number of halogens is 4. The highest BCUT2D eigenvalue weighted by molar-refractivity contribution is 7.92. The molecule has 2 aromatic rings. The van der Waals surface area contributed by atoms with Crippen LogP contribution in [0.2, 0.25) is 0 Å². The van der Waals surface area contributed by atoms with Crippen molar-refractivity contribution >= 4 is 33.4 Å². The number of carbonyl (C=O) groups excluding carboxylic acids is 2. The molecule has 1 aliphatic carbocycles. The van der Waals surface area contributed by atoms with E-state index in [0.29, 0.717) is 0 Å². The SMILES string of the molecule is COc1cc(S(=O)(=O)N2C[C@H](CNC(C)=O)Oc3ccc(NC(=O)OCC4(C(F)(F)F)CC4)cc32)ccc1F. The van der Waals surface area contributed by atoms with Crippen molar-refractivity contribution in [3.8, 4) is 11.5 Å². The third-order valence-electron chi connectivity index (χ3n) is 6.36. The lowest BCUT2D eigenvalue weighted by Gasteiger charge is -2.35. The molecule has 1 atom stereocenters. The van der Waals surface area contributed by atoms with Gasteiger partial charge in [0.2, 0.25) is 5.91 Å². The number of sulfonamides is 1. The van der Waals surface area contributed by atoms with Gasteiger partial charge in [0.25, 0.3) is 10.0 Å². The summed E-state index contributed by atoms with van der Waals surface area (Å²) in [7, 11) is -3.17. The maximum atomic E-state index is 13.9. The highest BCUT2D eigenvalue weighted by Gasteiger charge is 2.64. The molecule has 1 saturated carbocycles. The summed E-state index contributed by atoms with van der Waals surface area (Å²) in [5.41, 5.74) is -2.03. The Kier molecular flexibility index (Phi) is 7.56. The maximum Gasteiger partial charge on any atom is 0.411 e. The normalized spacial score (nSPS) is 17.9. The van der Waals surface area contributed by atoms with Crippen LogP contribution in [0.25, 0.3) is 0 Å². The molecule has 0 unspecified atom stereocenters. The van der Waals surface area contributed by atoms with Gasteiger partial charge in [-0.05, 0) is 43.2 Å². The van der Waals surface area contributed by atoms with Crippen LogP contribution in [-0.2, 0) is 19.6 Å². The van der Waals surface area contributed by atoms with Crippen LogP contribution in [0.4, 0.5) is 33.7 Å². The fraction of sp³-hybridized carbons (Fsp3) is 0.417. The van der Waals surface area contributed by atoms with E-state index < -0.39 is 46.2 Å². The molecule has 1 heterocycles. The standard InChI is InChI=1S/C24H25F4N3O7S/c1-14(32)29-11-16-12-31(39(34,35)17-4-5-18(25)21(10-17)36-2)19-9-15(3-6-20(19)38-16)30-22(33)37-13-23(7-8-23)24(26,27)28/h3-6,9-10,16H,7-8,11-13H2,1-2H3,(H,29,32)(H,30,33)/t16-/m0/s1. The number of hydrogen-bond acceptors (Lipinski definition) is 7. The van der Waals surface area contributed by atoms with Crippen molar-refractivity contribution in [3.63, 3.8) is 0 Å². The summed E-state index contributed by atoms with van der Waals surface area (Å²) < 4.78 is 97.1. The first kappa shape index (κ1) is 28.3.